The summed E-state index contributed by atoms with van der Waals surface area (Å²) in [5.74, 6) is -6.00. The number of alkyl carbamates (subject to hydrolysis) is 2. The highest BCUT2D eigenvalue weighted by atomic mass is 35.5. The third-order valence-electron chi connectivity index (χ3n) is 21.3. The first-order chi connectivity index (χ1) is 53.5. The van der Waals surface area contributed by atoms with Crippen LogP contribution in [0.15, 0.2) is 116 Å². The number of carbonyl (C=O) groups excluding carboxylic acids is 8. The van der Waals surface area contributed by atoms with Crippen LogP contribution in [0.4, 0.5) is 41.6 Å². The van der Waals surface area contributed by atoms with E-state index in [4.69, 9.17) is 30.5 Å². The molecule has 2 saturated heterocycles. The smallest absolute Gasteiger partial charge is 0.408 e. The number of sulfonamides is 2. The Morgan fingerprint density at radius 3 is 1.30 bits per heavy atom. The molecule has 0 bridgehead atoms. The first-order valence-corrected chi connectivity index (χ1v) is 41.4. The Hall–Kier alpha value is -10.1. The lowest BCUT2D eigenvalue weighted by Crippen LogP contribution is -2.60. The van der Waals surface area contributed by atoms with Gasteiger partial charge in [-0.3, -0.25) is 38.2 Å². The van der Waals surface area contributed by atoms with Gasteiger partial charge in [-0.25, -0.2) is 45.2 Å². The van der Waals surface area contributed by atoms with Gasteiger partial charge in [0.15, 0.2) is 0 Å². The lowest BCUT2D eigenvalue weighted by molar-refractivity contribution is -0.143. The number of nitrogens with one attached hydrogen (secondary N) is 8. The van der Waals surface area contributed by atoms with E-state index in [-0.39, 0.29) is 79.8 Å². The normalized spacial score (nSPS) is 24.0. The van der Waals surface area contributed by atoms with Gasteiger partial charge in [0, 0.05) is 53.7 Å². The van der Waals surface area contributed by atoms with Crippen LogP contribution in [0.5, 0.6) is 11.8 Å². The zero-order chi connectivity index (χ0) is 81.1. The van der Waals surface area contributed by atoms with Gasteiger partial charge in [0.2, 0.25) is 67.3 Å². The van der Waals surface area contributed by atoms with Gasteiger partial charge in [-0.05, 0) is 149 Å². The lowest BCUT2D eigenvalue weighted by atomic mass is 9.85. The molecule has 3 aromatic carbocycles. The highest BCUT2D eigenvalue weighted by Gasteiger charge is 2.64. The highest BCUT2D eigenvalue weighted by Crippen LogP contribution is 2.47. The summed E-state index contributed by atoms with van der Waals surface area (Å²) in [6, 6.07) is 18.7. The van der Waals surface area contributed by atoms with Crippen LogP contribution in [0, 0.1) is 34.3 Å². The zero-order valence-electron chi connectivity index (χ0n) is 63.6. The Kier molecular flexibility index (Phi) is 24.4. The molecule has 0 spiro atoms. The van der Waals surface area contributed by atoms with Crippen LogP contribution in [0.25, 0.3) is 11.3 Å². The summed E-state index contributed by atoms with van der Waals surface area (Å²) in [5.41, 5.74) is -2.63. The van der Waals surface area contributed by atoms with Gasteiger partial charge in [0.1, 0.15) is 76.4 Å². The molecule has 8 N–H and O–H groups in total. The number of likely N-dealkylation sites (tertiary alicyclic amines) is 2. The van der Waals surface area contributed by atoms with Crippen LogP contribution < -0.4 is 50.8 Å². The Labute approximate surface area is 659 Å². The molecule has 30 nitrogen and oxygen atoms in total. The molecule has 0 radical (unpaired) electrons. The molecule has 8 aliphatic rings. The minimum absolute atomic E-state index is 0.0127. The predicted octanol–water partition coefficient (Wildman–Crippen LogP) is 9.24. The summed E-state index contributed by atoms with van der Waals surface area (Å²) in [5, 5.41) is 15.7. The van der Waals surface area contributed by atoms with Crippen molar-refractivity contribution in [3.05, 3.63) is 133 Å². The van der Waals surface area contributed by atoms with Gasteiger partial charge in [0.05, 0.1) is 29.3 Å². The predicted molar refractivity (Wildman–Crippen MR) is 412 cm³/mol. The molecule has 8 amide bonds. The van der Waals surface area contributed by atoms with Crippen molar-refractivity contribution < 1.29 is 82.9 Å². The van der Waals surface area contributed by atoms with Crippen molar-refractivity contribution in [2.75, 3.05) is 23.7 Å². The number of ether oxygens (including phenoxy) is 4. The minimum atomic E-state index is -3.94. The number of hydrogen-bond acceptors (Lipinski definition) is 22. The van der Waals surface area contributed by atoms with Gasteiger partial charge < -0.3 is 60.6 Å². The lowest BCUT2D eigenvalue weighted by Gasteiger charge is -2.35. The van der Waals surface area contributed by atoms with E-state index in [0.717, 1.165) is 56.9 Å². The molecule has 606 valence electrons. The maximum absolute atomic E-state index is 14.7. The SMILES string of the molecule is C=C[C@@H]1C[C@]1(NC(=O)[C@@H]1C[C@@H](Oc2cc(-c3ccccc3)nc(Nc3ccc(F)cc3)n2)CN1C(=O)[C@@H](NC(=O)OC1CCCC1)C(C)(C)C)C(=O)NS(=O)(=O)C1CC1.C=C[C@@H]1C[C@]1(NC(=O)[C@@H]1C[C@@H](Oc2cc(Cl)nc(Nc3ccc(F)cc3)n2)CN1C(=O)[C@@H](NC(=O)OC1CCCC1)C(C)(C)C)C(=O)NS(=O)(=O)C1CC1. The number of halogens is 3. The Morgan fingerprint density at radius 2 is 0.929 bits per heavy atom. The molecular formula is C78H95ClF2N14O16S2. The maximum atomic E-state index is 14.7. The Bertz CT molecular complexity index is 4680. The first kappa shape index (κ1) is 82.4. The van der Waals surface area contributed by atoms with Crippen LogP contribution in [-0.2, 0) is 58.3 Å². The fraction of sp³-hybridized carbons (Fsp3) is 0.513. The summed E-state index contributed by atoms with van der Waals surface area (Å²) in [7, 11) is -7.86. The molecule has 13 rings (SSSR count). The molecule has 10 atom stereocenters. The van der Waals surface area contributed by atoms with E-state index >= 15 is 0 Å². The molecular weight excluding hydrogens is 1530 g/mol. The number of amides is 8. The van der Waals surface area contributed by atoms with Crippen molar-refractivity contribution in [3.63, 3.8) is 0 Å². The molecule has 35 heteroatoms. The summed E-state index contributed by atoms with van der Waals surface area (Å²) >= 11 is 6.29. The van der Waals surface area contributed by atoms with E-state index in [1.807, 2.05) is 30.3 Å². The Balaban J connectivity index is 0.000000210. The van der Waals surface area contributed by atoms with Crippen LogP contribution in [0.1, 0.15) is 144 Å². The zero-order valence-corrected chi connectivity index (χ0v) is 65.9. The highest BCUT2D eigenvalue weighted by molar-refractivity contribution is 7.91. The third kappa shape index (κ3) is 20.3. The second-order valence-electron chi connectivity index (χ2n) is 32.2. The third-order valence-corrected chi connectivity index (χ3v) is 25.1. The molecule has 5 aromatic rings. The average molecular weight is 1620 g/mol. The van der Waals surface area contributed by atoms with Crippen molar-refractivity contribution in [1.82, 2.24) is 60.4 Å². The number of hydrogen-bond donors (Lipinski definition) is 8. The van der Waals surface area contributed by atoms with Crippen molar-refractivity contribution in [2.24, 2.45) is 22.7 Å². The molecule has 0 unspecified atom stereocenters. The minimum Gasteiger partial charge on any atom is -0.472 e. The number of rotatable bonds is 27. The van der Waals surface area contributed by atoms with Crippen LogP contribution in [-0.4, -0.2) is 177 Å². The van der Waals surface area contributed by atoms with Crippen LogP contribution in [0.3, 0.4) is 0 Å². The van der Waals surface area contributed by atoms with Gasteiger partial charge in [-0.1, -0.05) is 95.6 Å². The molecule has 4 heterocycles. The van der Waals surface area contributed by atoms with Gasteiger partial charge in [0.25, 0.3) is 11.8 Å². The van der Waals surface area contributed by atoms with Crippen molar-refractivity contribution in [2.45, 2.75) is 214 Å². The monoisotopic (exact) mass is 1620 g/mol. The van der Waals surface area contributed by atoms with Crippen molar-refractivity contribution >= 4 is 103 Å². The van der Waals surface area contributed by atoms with Crippen molar-refractivity contribution in [1.29, 1.82) is 0 Å². The number of nitrogens with zero attached hydrogens (tertiary/aromatic N) is 6. The van der Waals surface area contributed by atoms with E-state index < -0.39 is 160 Å². The van der Waals surface area contributed by atoms with Gasteiger partial charge >= 0.3 is 12.2 Å². The number of benzene rings is 3. The molecule has 2 aromatic heterocycles. The standard InChI is InChI=1S/C42H50FN7O8S.C36H45ClFN7O8S/c1-5-26-23-42(26,38(53)49-59(55,56)31-19-20-31)48-36(51)33-21-30(24-50(33)37(52)35(41(2,3)4)47-40(54)58-29-13-9-10-14-29)57-34-22-32(25-11-7-6-8-12-25)45-39(46-34)44-28-17-15-27(43)16-18-28;1-5-20-18-36(20,32(48)44-54(50,51)25-14-15-25)43-30(46)26-16-24(52-28-17-27(37)40-33(41-28)39-22-12-10-21(38)11-13-22)19-45(26)31(47)29(35(2,3)4)42-34(49)53-23-8-6-7-9-23/h5-8,11-12,15-18,22,26,29-31,33,35H,1,9-10,13-14,19-21,23-24H2,2-4H3,(H,47,54)(H,48,51)(H,49,53)(H,44,45,46);5,10-13,17,20,23-26,29H,1,6-9,14-16,18-19H2,2-4H3,(H,42,49)(H,43,46)(H,44,48)(H,39,40,41)/t26-,30-,33+,35-,42-;20-,24-,26+,29-,36-/m11/s1. The topological polar surface area (TPSA) is 396 Å². The van der Waals surface area contributed by atoms with E-state index in [0.29, 0.717) is 42.8 Å². The van der Waals surface area contributed by atoms with Crippen molar-refractivity contribution in [3.8, 4) is 23.0 Å². The number of aromatic nitrogens is 4. The Morgan fingerprint density at radius 1 is 0.540 bits per heavy atom. The van der Waals surface area contributed by atoms with E-state index in [1.54, 1.807) is 47.6 Å². The fourth-order valence-electron chi connectivity index (χ4n) is 14.5. The second-order valence-corrected chi connectivity index (χ2v) is 36.5. The van der Waals surface area contributed by atoms with Gasteiger partial charge in [-0.2, -0.15) is 9.97 Å². The molecule has 6 saturated carbocycles. The fourth-order valence-corrected chi connectivity index (χ4v) is 17.4. The first-order valence-electron chi connectivity index (χ1n) is 38.0. The number of carbonyl (C=O) groups is 8. The quantitative estimate of drug-likeness (QED) is 0.0179. The second kappa shape index (κ2) is 33.5. The average Bonchev–Trinajstić information content (AvgIpc) is 1.58. The van der Waals surface area contributed by atoms with E-state index in [9.17, 15) is 64.0 Å². The van der Waals surface area contributed by atoms with Crippen LogP contribution in [0.2, 0.25) is 5.15 Å². The maximum Gasteiger partial charge on any atom is 0.408 e. The summed E-state index contributed by atoms with van der Waals surface area (Å²) in [4.78, 5) is 131. The van der Waals surface area contributed by atoms with E-state index in [1.165, 1.54) is 76.5 Å². The molecule has 113 heavy (non-hydrogen) atoms. The number of anilines is 4. The van der Waals surface area contributed by atoms with E-state index in [2.05, 4.69) is 74.4 Å². The molecule has 8 fully saturated rings. The summed E-state index contributed by atoms with van der Waals surface area (Å²) in [6.45, 7) is 17.9. The molecule has 6 aliphatic carbocycles. The van der Waals surface area contributed by atoms with Crippen LogP contribution >= 0.6 is 11.6 Å². The summed E-state index contributed by atoms with van der Waals surface area (Å²) in [6.07, 6.45) is 7.80. The van der Waals surface area contributed by atoms with Gasteiger partial charge in [-0.15, -0.1) is 13.2 Å². The largest absolute Gasteiger partial charge is 0.472 e. The summed E-state index contributed by atoms with van der Waals surface area (Å²) < 4.78 is 106. The molecule has 2 aliphatic heterocycles.